The van der Waals surface area contributed by atoms with E-state index in [9.17, 15) is 27.2 Å². The summed E-state index contributed by atoms with van der Waals surface area (Å²) in [4.78, 5) is 3.20. The first kappa shape index (κ1) is 22.1. The average molecular weight is 517 g/mol. The van der Waals surface area contributed by atoms with E-state index in [0.29, 0.717) is 21.3 Å². The molecule has 1 aliphatic rings. The number of aryl methyl sites for hydroxylation is 1. The fourth-order valence-corrected chi connectivity index (χ4v) is 4.84. The minimum atomic E-state index is -5.13. The molecule has 4 rings (SSSR count). The zero-order valence-electron chi connectivity index (χ0n) is 16.8. The molecule has 0 aliphatic carbocycles. The highest BCUT2D eigenvalue weighted by Crippen LogP contribution is 2.51. The number of nitrogens with zero attached hydrogens (tertiary/aromatic N) is 3. The molecule has 0 radical (unpaired) electrons. The number of benzene rings is 1. The smallest absolute Gasteiger partial charge is 0.434 e. The lowest BCUT2D eigenvalue weighted by Crippen LogP contribution is -2.18. The molecule has 0 fully saturated rings. The highest BCUT2D eigenvalue weighted by Gasteiger charge is 2.49. The van der Waals surface area contributed by atoms with E-state index in [-0.39, 0.29) is 11.5 Å². The van der Waals surface area contributed by atoms with E-state index >= 15 is 0 Å². The number of fused-ring (bicyclic) bond motifs is 3. The first-order valence-corrected chi connectivity index (χ1v) is 9.84. The van der Waals surface area contributed by atoms with Crippen LogP contribution < -0.4 is 15.2 Å². The summed E-state index contributed by atoms with van der Waals surface area (Å²) in [6.07, 6.45) is -5.13. The normalized spacial score (nSPS) is 14.9. The van der Waals surface area contributed by atoms with Gasteiger partial charge in [0, 0.05) is 5.56 Å². The Morgan fingerprint density at radius 2 is 2.00 bits per heavy atom. The lowest BCUT2D eigenvalue weighted by atomic mass is 10.1. The van der Waals surface area contributed by atoms with Crippen LogP contribution in [0.3, 0.4) is 0 Å². The minimum Gasteiger partial charge on any atom is -0.495 e. The zero-order chi connectivity index (χ0) is 23.7. The first-order valence-electron chi connectivity index (χ1n) is 9.05. The molecule has 1 aromatic carbocycles. The maximum Gasteiger partial charge on any atom is 0.434 e. The van der Waals surface area contributed by atoms with Crippen molar-refractivity contribution in [3.63, 3.8) is 0 Å². The maximum absolute atomic E-state index is 14.4. The minimum absolute atomic E-state index is 0.273. The van der Waals surface area contributed by atoms with Crippen molar-refractivity contribution < 1.29 is 31.4 Å². The second-order valence-corrected chi connectivity index (χ2v) is 8.10. The standard InChI is InChI=1S/C20H14BrF5N4O2/c1-7-4-10(21)14(31-3)8(2)12(7)30-13-11(9(5-27)18(30)28)16(20(24,25)26)29-17-15(13)32-6-19(17,22)23/h4H,6,28H2,1-3H3. The molecular weight excluding hydrogens is 503 g/mol. The fourth-order valence-electron chi connectivity index (χ4n) is 4.03. The molecular formula is C20H14BrF5N4O2. The van der Waals surface area contributed by atoms with E-state index in [4.69, 9.17) is 15.2 Å². The predicted octanol–water partition coefficient (Wildman–Crippen LogP) is 5.37. The number of rotatable bonds is 2. The number of nitriles is 1. The summed E-state index contributed by atoms with van der Waals surface area (Å²) < 4.78 is 82.7. The lowest BCUT2D eigenvalue weighted by Gasteiger charge is -2.19. The van der Waals surface area contributed by atoms with Gasteiger partial charge in [-0.25, -0.2) is 4.98 Å². The molecule has 0 saturated carbocycles. The molecule has 2 aromatic heterocycles. The molecule has 12 heteroatoms. The Bertz CT molecular complexity index is 1340. The van der Waals surface area contributed by atoms with Crippen molar-refractivity contribution in [2.24, 2.45) is 0 Å². The van der Waals surface area contributed by atoms with Crippen LogP contribution >= 0.6 is 15.9 Å². The molecule has 32 heavy (non-hydrogen) atoms. The van der Waals surface area contributed by atoms with Crippen molar-refractivity contribution in [3.05, 3.63) is 38.6 Å². The highest BCUT2D eigenvalue weighted by atomic mass is 79.9. The van der Waals surface area contributed by atoms with Gasteiger partial charge in [0.2, 0.25) is 0 Å². The third-order valence-electron chi connectivity index (χ3n) is 5.28. The summed E-state index contributed by atoms with van der Waals surface area (Å²) >= 11 is 3.35. The van der Waals surface area contributed by atoms with Crippen molar-refractivity contribution in [1.82, 2.24) is 9.55 Å². The molecule has 0 atom stereocenters. The molecule has 0 amide bonds. The van der Waals surface area contributed by atoms with Crippen LogP contribution in [0.2, 0.25) is 0 Å². The molecule has 168 valence electrons. The van der Waals surface area contributed by atoms with Crippen LogP contribution in [0.15, 0.2) is 10.5 Å². The van der Waals surface area contributed by atoms with Crippen LogP contribution in [0.4, 0.5) is 27.8 Å². The Morgan fingerprint density at radius 1 is 1.34 bits per heavy atom. The number of methoxy groups -OCH3 is 1. The maximum atomic E-state index is 14.4. The van der Waals surface area contributed by atoms with Crippen LogP contribution in [0, 0.1) is 25.2 Å². The van der Waals surface area contributed by atoms with E-state index in [2.05, 4.69) is 20.9 Å². The third-order valence-corrected chi connectivity index (χ3v) is 5.87. The van der Waals surface area contributed by atoms with Crippen molar-refractivity contribution in [2.75, 3.05) is 19.5 Å². The van der Waals surface area contributed by atoms with Crippen LogP contribution in [-0.4, -0.2) is 23.3 Å². The number of aromatic nitrogens is 2. The summed E-state index contributed by atoms with van der Waals surface area (Å²) in [6, 6.07) is 3.30. The van der Waals surface area contributed by atoms with Crippen molar-refractivity contribution in [2.45, 2.75) is 25.9 Å². The third kappa shape index (κ3) is 2.91. The lowest BCUT2D eigenvalue weighted by molar-refractivity contribution is -0.140. The first-order chi connectivity index (χ1) is 14.8. The number of nitrogen functional groups attached to an aromatic ring is 1. The van der Waals surface area contributed by atoms with Gasteiger partial charge in [-0.3, -0.25) is 4.57 Å². The van der Waals surface area contributed by atoms with Crippen LogP contribution in [0.5, 0.6) is 11.5 Å². The quantitative estimate of drug-likeness (QED) is 0.462. The fraction of sp³-hybridized carbons (Fsp3) is 0.300. The summed E-state index contributed by atoms with van der Waals surface area (Å²) in [5.74, 6) is -4.30. The van der Waals surface area contributed by atoms with Gasteiger partial charge in [-0.2, -0.15) is 27.2 Å². The van der Waals surface area contributed by atoms with Gasteiger partial charge < -0.3 is 15.2 Å². The Morgan fingerprint density at radius 3 is 2.56 bits per heavy atom. The largest absolute Gasteiger partial charge is 0.495 e. The molecule has 0 bridgehead atoms. The van der Waals surface area contributed by atoms with Crippen LogP contribution in [0.1, 0.15) is 28.1 Å². The highest BCUT2D eigenvalue weighted by molar-refractivity contribution is 9.10. The van der Waals surface area contributed by atoms with Crippen molar-refractivity contribution in [3.8, 4) is 23.3 Å². The molecule has 0 unspecified atom stereocenters. The number of pyridine rings is 1. The second-order valence-electron chi connectivity index (χ2n) is 7.24. The Labute approximate surface area is 186 Å². The van der Waals surface area contributed by atoms with Gasteiger partial charge >= 0.3 is 12.1 Å². The predicted molar refractivity (Wildman–Crippen MR) is 108 cm³/mol. The number of halogens is 6. The SMILES string of the molecule is COc1c(Br)cc(C)c(-n2c(N)c(C#N)c3c(C(F)(F)F)nc4c(c32)OCC4(F)F)c1C. The van der Waals surface area contributed by atoms with Gasteiger partial charge in [0.15, 0.2) is 23.7 Å². The number of anilines is 1. The molecule has 1 aliphatic heterocycles. The van der Waals surface area contributed by atoms with Gasteiger partial charge in [0.1, 0.15) is 28.7 Å². The molecule has 2 N–H and O–H groups in total. The molecule has 6 nitrogen and oxygen atoms in total. The molecule has 0 spiro atoms. The van der Waals surface area contributed by atoms with Gasteiger partial charge in [-0.05, 0) is 41.4 Å². The van der Waals surface area contributed by atoms with Crippen molar-refractivity contribution in [1.29, 1.82) is 5.26 Å². The van der Waals surface area contributed by atoms with E-state index in [1.807, 2.05) is 0 Å². The summed E-state index contributed by atoms with van der Waals surface area (Å²) in [5, 5.41) is 8.94. The Hall–Kier alpha value is -3.07. The van der Waals surface area contributed by atoms with Gasteiger partial charge in [0.05, 0.1) is 22.7 Å². The number of ether oxygens (including phenoxy) is 2. The Balaban J connectivity index is 2.30. The number of alkyl halides is 5. The van der Waals surface area contributed by atoms with E-state index in [0.717, 1.165) is 4.57 Å². The number of nitrogens with two attached hydrogens (primary N) is 1. The molecule has 3 aromatic rings. The van der Waals surface area contributed by atoms with Crippen LogP contribution in [-0.2, 0) is 12.1 Å². The Kier molecular flexibility index (Phi) is 4.82. The van der Waals surface area contributed by atoms with Crippen LogP contribution in [0.25, 0.3) is 16.6 Å². The summed E-state index contributed by atoms with van der Waals surface area (Å²) in [7, 11) is 1.40. The average Bonchev–Trinajstić information content (AvgIpc) is 3.14. The number of hydrogen-bond acceptors (Lipinski definition) is 5. The van der Waals surface area contributed by atoms with E-state index in [1.54, 1.807) is 26.0 Å². The van der Waals surface area contributed by atoms with Gasteiger partial charge in [-0.1, -0.05) is 0 Å². The molecule has 3 heterocycles. The molecule has 0 saturated heterocycles. The van der Waals surface area contributed by atoms with Gasteiger partial charge in [-0.15, -0.1) is 0 Å². The summed E-state index contributed by atoms with van der Waals surface area (Å²) in [6.45, 7) is 2.11. The number of hydrogen-bond donors (Lipinski definition) is 1. The second kappa shape index (κ2) is 6.96. The van der Waals surface area contributed by atoms with Crippen molar-refractivity contribution >= 4 is 32.7 Å². The monoisotopic (exact) mass is 516 g/mol. The zero-order valence-corrected chi connectivity index (χ0v) is 18.4. The van der Waals surface area contributed by atoms with E-state index in [1.165, 1.54) is 7.11 Å². The van der Waals surface area contributed by atoms with Gasteiger partial charge in [0.25, 0.3) is 0 Å². The topological polar surface area (TPSA) is 86.1 Å². The summed E-state index contributed by atoms with van der Waals surface area (Å²) in [5.41, 5.74) is 3.69. The van der Waals surface area contributed by atoms with E-state index < -0.39 is 52.3 Å².